The van der Waals surface area contributed by atoms with Gasteiger partial charge in [-0.15, -0.1) is 0 Å². The molecule has 0 bridgehead atoms. The Bertz CT molecular complexity index is 800. The highest BCUT2D eigenvalue weighted by Gasteiger charge is 2.20. The summed E-state index contributed by atoms with van der Waals surface area (Å²) in [5.74, 6) is -0.335. The first-order valence-electron chi connectivity index (χ1n) is 7.85. The van der Waals surface area contributed by atoms with Gasteiger partial charge in [0.1, 0.15) is 5.82 Å². The van der Waals surface area contributed by atoms with E-state index in [1.165, 1.54) is 24.1 Å². The molecule has 0 aromatic heterocycles. The first-order valence-corrected chi connectivity index (χ1v) is 9.33. The first-order chi connectivity index (χ1) is 11.0. The molecular formula is C18H20FNO2S. The van der Waals surface area contributed by atoms with E-state index >= 15 is 0 Å². The Morgan fingerprint density at radius 3 is 2.35 bits per heavy atom. The molecule has 0 spiro atoms. The molecule has 0 aliphatic heterocycles. The molecule has 1 aliphatic carbocycles. The van der Waals surface area contributed by atoms with Crippen molar-refractivity contribution in [2.75, 3.05) is 0 Å². The van der Waals surface area contributed by atoms with Crippen LogP contribution in [-0.2, 0) is 22.9 Å². The molecule has 3 rings (SSSR count). The van der Waals surface area contributed by atoms with Crippen LogP contribution in [0.15, 0.2) is 47.4 Å². The standard InChI is InChI=1S/C18H20FNO2S/c1-13(14-6-9-17(19)10-7-14)20-23(21,22)18-11-8-15-4-2-3-5-16(15)12-18/h6-13,20H,2-5H2,1H3. The van der Waals surface area contributed by atoms with Gasteiger partial charge in [0.05, 0.1) is 4.90 Å². The molecule has 0 amide bonds. The number of benzene rings is 2. The van der Waals surface area contributed by atoms with Gasteiger partial charge in [0.25, 0.3) is 0 Å². The molecule has 23 heavy (non-hydrogen) atoms. The monoisotopic (exact) mass is 333 g/mol. The van der Waals surface area contributed by atoms with Gasteiger partial charge < -0.3 is 0 Å². The van der Waals surface area contributed by atoms with Crippen molar-refractivity contribution in [3.05, 3.63) is 65.0 Å². The molecule has 0 fully saturated rings. The lowest BCUT2D eigenvalue weighted by Gasteiger charge is -2.18. The van der Waals surface area contributed by atoms with Crippen LogP contribution in [0.25, 0.3) is 0 Å². The summed E-state index contributed by atoms with van der Waals surface area (Å²) < 4.78 is 40.8. The van der Waals surface area contributed by atoms with Crippen LogP contribution in [-0.4, -0.2) is 8.42 Å². The van der Waals surface area contributed by atoms with Gasteiger partial charge in [-0.3, -0.25) is 0 Å². The molecule has 1 unspecified atom stereocenters. The Morgan fingerprint density at radius 1 is 1.00 bits per heavy atom. The Hall–Kier alpha value is -1.72. The van der Waals surface area contributed by atoms with E-state index in [1.54, 1.807) is 31.2 Å². The summed E-state index contributed by atoms with van der Waals surface area (Å²) >= 11 is 0. The predicted molar refractivity (Wildman–Crippen MR) is 88.2 cm³/mol. The van der Waals surface area contributed by atoms with Crippen LogP contribution in [0.4, 0.5) is 4.39 Å². The number of hydrogen-bond donors (Lipinski definition) is 1. The van der Waals surface area contributed by atoms with Gasteiger partial charge in [0.2, 0.25) is 10.0 Å². The lowest BCUT2D eigenvalue weighted by atomic mass is 9.92. The molecule has 5 heteroatoms. The Morgan fingerprint density at radius 2 is 1.65 bits per heavy atom. The second-order valence-corrected chi connectivity index (χ2v) is 7.75. The van der Waals surface area contributed by atoms with E-state index in [-0.39, 0.29) is 5.82 Å². The average Bonchev–Trinajstić information content (AvgIpc) is 2.54. The number of sulfonamides is 1. The highest BCUT2D eigenvalue weighted by Crippen LogP contribution is 2.25. The fraction of sp³-hybridized carbons (Fsp3) is 0.333. The molecule has 0 heterocycles. The van der Waals surface area contributed by atoms with Gasteiger partial charge in [0.15, 0.2) is 0 Å². The number of aryl methyl sites for hydroxylation is 2. The molecule has 1 N–H and O–H groups in total. The topological polar surface area (TPSA) is 46.2 Å². The van der Waals surface area contributed by atoms with Gasteiger partial charge in [-0.2, -0.15) is 0 Å². The van der Waals surface area contributed by atoms with Crippen molar-refractivity contribution in [1.82, 2.24) is 4.72 Å². The predicted octanol–water partition coefficient (Wildman–Crippen LogP) is 3.74. The molecule has 0 saturated carbocycles. The summed E-state index contributed by atoms with van der Waals surface area (Å²) in [4.78, 5) is 0.298. The van der Waals surface area contributed by atoms with E-state index in [9.17, 15) is 12.8 Å². The van der Waals surface area contributed by atoms with E-state index in [1.807, 2.05) is 6.07 Å². The molecule has 1 aliphatic rings. The van der Waals surface area contributed by atoms with Gasteiger partial charge in [-0.25, -0.2) is 17.5 Å². The fourth-order valence-corrected chi connectivity index (χ4v) is 4.28. The van der Waals surface area contributed by atoms with Crippen LogP contribution < -0.4 is 4.72 Å². The molecule has 0 saturated heterocycles. The SMILES string of the molecule is CC(NS(=O)(=O)c1ccc2c(c1)CCCC2)c1ccc(F)cc1. The van der Waals surface area contributed by atoms with Gasteiger partial charge in [-0.1, -0.05) is 18.2 Å². The van der Waals surface area contributed by atoms with Crippen LogP contribution in [0.5, 0.6) is 0 Å². The smallest absolute Gasteiger partial charge is 0.207 e. The molecule has 1 atom stereocenters. The molecular weight excluding hydrogens is 313 g/mol. The summed E-state index contributed by atoms with van der Waals surface area (Å²) in [6, 6.07) is 10.8. The molecule has 122 valence electrons. The zero-order valence-corrected chi connectivity index (χ0v) is 13.9. The van der Waals surface area contributed by atoms with Crippen LogP contribution in [0.3, 0.4) is 0 Å². The van der Waals surface area contributed by atoms with Gasteiger partial charge in [0, 0.05) is 6.04 Å². The minimum Gasteiger partial charge on any atom is -0.207 e. The maximum Gasteiger partial charge on any atom is 0.241 e. The quantitative estimate of drug-likeness (QED) is 0.926. The Balaban J connectivity index is 1.82. The summed E-state index contributed by atoms with van der Waals surface area (Å²) in [5, 5.41) is 0. The van der Waals surface area contributed by atoms with Crippen LogP contribution in [0.2, 0.25) is 0 Å². The maximum atomic E-state index is 13.0. The number of fused-ring (bicyclic) bond motifs is 1. The fourth-order valence-electron chi connectivity index (χ4n) is 3.00. The van der Waals surface area contributed by atoms with E-state index in [4.69, 9.17) is 0 Å². The second kappa shape index (κ2) is 6.42. The van der Waals surface area contributed by atoms with Crippen molar-refractivity contribution < 1.29 is 12.8 Å². The molecule has 3 nitrogen and oxygen atoms in total. The lowest BCUT2D eigenvalue weighted by Crippen LogP contribution is -2.27. The summed E-state index contributed by atoms with van der Waals surface area (Å²) in [5.41, 5.74) is 3.11. The zero-order chi connectivity index (χ0) is 16.4. The minimum atomic E-state index is -3.60. The molecule has 2 aromatic carbocycles. The van der Waals surface area contributed by atoms with Crippen molar-refractivity contribution in [1.29, 1.82) is 0 Å². The van der Waals surface area contributed by atoms with E-state index in [0.717, 1.165) is 30.4 Å². The van der Waals surface area contributed by atoms with Gasteiger partial charge in [-0.05, 0) is 73.6 Å². The van der Waals surface area contributed by atoms with Crippen molar-refractivity contribution in [2.45, 2.75) is 43.5 Å². The van der Waals surface area contributed by atoms with Crippen LogP contribution >= 0.6 is 0 Å². The highest BCUT2D eigenvalue weighted by atomic mass is 32.2. The number of halogens is 1. The van der Waals surface area contributed by atoms with E-state index in [2.05, 4.69) is 4.72 Å². The van der Waals surface area contributed by atoms with E-state index in [0.29, 0.717) is 4.90 Å². The highest BCUT2D eigenvalue weighted by molar-refractivity contribution is 7.89. The number of nitrogens with one attached hydrogen (secondary N) is 1. The first kappa shape index (κ1) is 16.1. The number of rotatable bonds is 4. The molecule has 0 radical (unpaired) electrons. The van der Waals surface area contributed by atoms with Crippen molar-refractivity contribution in [3.8, 4) is 0 Å². The van der Waals surface area contributed by atoms with Crippen molar-refractivity contribution in [2.24, 2.45) is 0 Å². The summed E-state index contributed by atoms with van der Waals surface area (Å²) in [6.07, 6.45) is 4.23. The van der Waals surface area contributed by atoms with Crippen LogP contribution in [0.1, 0.15) is 42.5 Å². The maximum absolute atomic E-state index is 13.0. The van der Waals surface area contributed by atoms with Crippen molar-refractivity contribution >= 4 is 10.0 Å². The van der Waals surface area contributed by atoms with Crippen molar-refractivity contribution in [3.63, 3.8) is 0 Å². The number of hydrogen-bond acceptors (Lipinski definition) is 2. The third kappa shape index (κ3) is 3.62. The Kier molecular flexibility index (Phi) is 4.50. The largest absolute Gasteiger partial charge is 0.241 e. The third-order valence-corrected chi connectivity index (χ3v) is 5.87. The summed E-state index contributed by atoms with van der Waals surface area (Å²) in [6.45, 7) is 1.75. The third-order valence-electron chi connectivity index (χ3n) is 4.33. The molecule has 2 aromatic rings. The van der Waals surface area contributed by atoms with Gasteiger partial charge >= 0.3 is 0 Å². The second-order valence-electron chi connectivity index (χ2n) is 6.03. The van der Waals surface area contributed by atoms with Crippen LogP contribution in [0, 0.1) is 5.82 Å². The normalized spacial score (nSPS) is 15.9. The average molecular weight is 333 g/mol. The Labute approximate surface area is 136 Å². The zero-order valence-electron chi connectivity index (χ0n) is 13.0. The minimum absolute atomic E-state index is 0.298. The lowest BCUT2D eigenvalue weighted by molar-refractivity contribution is 0.566. The summed E-state index contributed by atoms with van der Waals surface area (Å²) in [7, 11) is -3.60. The van der Waals surface area contributed by atoms with E-state index < -0.39 is 16.1 Å².